The highest BCUT2D eigenvalue weighted by Crippen LogP contribution is 2.28. The summed E-state index contributed by atoms with van der Waals surface area (Å²) in [5.41, 5.74) is 5.54. The minimum absolute atomic E-state index is 0.0529. The van der Waals surface area contributed by atoms with Crippen molar-refractivity contribution in [3.8, 4) is 0 Å². The van der Waals surface area contributed by atoms with Crippen molar-refractivity contribution < 1.29 is 17.9 Å². The largest absolute Gasteiger partial charge is 0.389 e. The third-order valence-electron chi connectivity index (χ3n) is 2.83. The predicted octanol–water partition coefficient (Wildman–Crippen LogP) is 2.47. The highest BCUT2D eigenvalue weighted by molar-refractivity contribution is 4.78. The Morgan fingerprint density at radius 3 is 2.60 bits per heavy atom. The van der Waals surface area contributed by atoms with E-state index in [0.717, 1.165) is 19.3 Å². The smallest absolute Gasteiger partial charge is 0.378 e. The van der Waals surface area contributed by atoms with Gasteiger partial charge in [-0.1, -0.05) is 6.42 Å². The van der Waals surface area contributed by atoms with Crippen molar-refractivity contribution in [3.05, 3.63) is 0 Å². The van der Waals surface area contributed by atoms with Crippen LogP contribution < -0.4 is 5.73 Å². The number of ether oxygens (including phenoxy) is 1. The van der Waals surface area contributed by atoms with Crippen molar-refractivity contribution in [2.24, 2.45) is 11.7 Å². The molecule has 1 saturated carbocycles. The van der Waals surface area contributed by atoms with E-state index in [9.17, 15) is 13.2 Å². The quantitative estimate of drug-likeness (QED) is 0.729. The molecular formula is C10H18F3NO. The van der Waals surface area contributed by atoms with E-state index in [2.05, 4.69) is 0 Å². The molecule has 0 radical (unpaired) electrons. The maximum absolute atomic E-state index is 11.8. The third kappa shape index (κ3) is 4.84. The number of hydrogen-bond donors (Lipinski definition) is 1. The van der Waals surface area contributed by atoms with Crippen LogP contribution in [-0.2, 0) is 4.74 Å². The van der Waals surface area contributed by atoms with Gasteiger partial charge in [-0.3, -0.25) is 0 Å². The molecule has 1 aliphatic rings. The first-order valence-electron chi connectivity index (χ1n) is 5.41. The zero-order valence-corrected chi connectivity index (χ0v) is 8.72. The Labute approximate surface area is 88.0 Å². The normalized spacial score (nSPS) is 27.2. The molecule has 0 bridgehead atoms. The molecule has 0 aliphatic heterocycles. The molecule has 2 N–H and O–H groups in total. The standard InChI is InChI=1S/C10H18F3NO/c11-10(12,13)5-2-6-15-9-4-1-3-8(9)7-14/h8-9H,1-7,14H2. The summed E-state index contributed by atoms with van der Waals surface area (Å²) in [6, 6.07) is 0. The lowest BCUT2D eigenvalue weighted by Crippen LogP contribution is -2.25. The molecule has 0 aromatic carbocycles. The Morgan fingerprint density at radius 2 is 2.00 bits per heavy atom. The Balaban J connectivity index is 2.09. The molecule has 0 saturated heterocycles. The highest BCUT2D eigenvalue weighted by atomic mass is 19.4. The highest BCUT2D eigenvalue weighted by Gasteiger charge is 2.28. The van der Waals surface area contributed by atoms with Crippen molar-refractivity contribution in [1.82, 2.24) is 0 Å². The molecule has 5 heteroatoms. The maximum atomic E-state index is 11.8. The van der Waals surface area contributed by atoms with Gasteiger partial charge in [0.25, 0.3) is 0 Å². The zero-order valence-electron chi connectivity index (χ0n) is 8.72. The second-order valence-corrected chi connectivity index (χ2v) is 4.05. The van der Waals surface area contributed by atoms with Gasteiger partial charge in [-0.2, -0.15) is 13.2 Å². The summed E-state index contributed by atoms with van der Waals surface area (Å²) in [6.07, 6.45) is -1.63. The number of alkyl halides is 3. The van der Waals surface area contributed by atoms with Gasteiger partial charge in [-0.15, -0.1) is 0 Å². The molecule has 0 amide bonds. The fourth-order valence-electron chi connectivity index (χ4n) is 2.00. The van der Waals surface area contributed by atoms with E-state index in [-0.39, 0.29) is 19.1 Å². The molecule has 15 heavy (non-hydrogen) atoms. The molecule has 0 aromatic rings. The van der Waals surface area contributed by atoms with Crippen LogP contribution in [0.2, 0.25) is 0 Å². The molecule has 2 unspecified atom stereocenters. The number of rotatable bonds is 5. The second kappa shape index (κ2) is 5.70. The van der Waals surface area contributed by atoms with E-state index in [1.807, 2.05) is 0 Å². The topological polar surface area (TPSA) is 35.2 Å². The summed E-state index contributed by atoms with van der Waals surface area (Å²) >= 11 is 0. The first-order valence-corrected chi connectivity index (χ1v) is 5.41. The fraction of sp³-hybridized carbons (Fsp3) is 1.00. The lowest BCUT2D eigenvalue weighted by molar-refractivity contribution is -0.139. The van der Waals surface area contributed by atoms with E-state index < -0.39 is 12.6 Å². The molecule has 1 rings (SSSR count). The first kappa shape index (κ1) is 12.8. The van der Waals surface area contributed by atoms with E-state index >= 15 is 0 Å². The van der Waals surface area contributed by atoms with Crippen LogP contribution in [0, 0.1) is 5.92 Å². The van der Waals surface area contributed by atoms with Gasteiger partial charge in [-0.25, -0.2) is 0 Å². The summed E-state index contributed by atoms with van der Waals surface area (Å²) in [6.45, 7) is 0.768. The first-order chi connectivity index (χ1) is 7.03. The van der Waals surface area contributed by atoms with E-state index in [1.165, 1.54) is 0 Å². The fourth-order valence-corrected chi connectivity index (χ4v) is 2.00. The average Bonchev–Trinajstić information content (AvgIpc) is 2.58. The lowest BCUT2D eigenvalue weighted by atomic mass is 10.1. The minimum Gasteiger partial charge on any atom is -0.378 e. The van der Waals surface area contributed by atoms with Crippen LogP contribution in [0.15, 0.2) is 0 Å². The van der Waals surface area contributed by atoms with E-state index in [1.54, 1.807) is 0 Å². The van der Waals surface area contributed by atoms with Gasteiger partial charge in [0.2, 0.25) is 0 Å². The van der Waals surface area contributed by atoms with Crippen molar-refractivity contribution in [2.75, 3.05) is 13.2 Å². The van der Waals surface area contributed by atoms with Gasteiger partial charge in [0.1, 0.15) is 0 Å². The minimum atomic E-state index is -4.06. The van der Waals surface area contributed by atoms with Crippen molar-refractivity contribution in [2.45, 2.75) is 44.4 Å². The molecule has 2 atom stereocenters. The van der Waals surface area contributed by atoms with Crippen molar-refractivity contribution >= 4 is 0 Å². The number of nitrogens with two attached hydrogens (primary N) is 1. The van der Waals surface area contributed by atoms with Crippen molar-refractivity contribution in [1.29, 1.82) is 0 Å². The van der Waals surface area contributed by atoms with E-state index in [0.29, 0.717) is 12.5 Å². The molecule has 0 heterocycles. The monoisotopic (exact) mass is 225 g/mol. The predicted molar refractivity (Wildman–Crippen MR) is 51.4 cm³/mol. The Bertz CT molecular complexity index is 184. The molecular weight excluding hydrogens is 207 g/mol. The number of hydrogen-bond acceptors (Lipinski definition) is 2. The van der Waals surface area contributed by atoms with Crippen LogP contribution >= 0.6 is 0 Å². The number of halogens is 3. The Hall–Kier alpha value is -0.290. The molecule has 2 nitrogen and oxygen atoms in total. The van der Waals surface area contributed by atoms with Gasteiger partial charge in [-0.05, 0) is 31.7 Å². The van der Waals surface area contributed by atoms with Crippen LogP contribution in [0.3, 0.4) is 0 Å². The van der Waals surface area contributed by atoms with Gasteiger partial charge >= 0.3 is 6.18 Å². The van der Waals surface area contributed by atoms with Crippen LogP contribution in [0.4, 0.5) is 13.2 Å². The molecule has 0 aromatic heterocycles. The van der Waals surface area contributed by atoms with Gasteiger partial charge < -0.3 is 10.5 Å². The maximum Gasteiger partial charge on any atom is 0.389 e. The van der Waals surface area contributed by atoms with Crippen LogP contribution in [0.1, 0.15) is 32.1 Å². The molecule has 1 fully saturated rings. The van der Waals surface area contributed by atoms with Gasteiger partial charge in [0.05, 0.1) is 6.10 Å². The van der Waals surface area contributed by atoms with Crippen LogP contribution in [0.25, 0.3) is 0 Å². The van der Waals surface area contributed by atoms with Crippen molar-refractivity contribution in [3.63, 3.8) is 0 Å². The Morgan fingerprint density at radius 1 is 1.27 bits per heavy atom. The third-order valence-corrected chi connectivity index (χ3v) is 2.83. The summed E-state index contributed by atoms with van der Waals surface area (Å²) in [4.78, 5) is 0. The Kier molecular flexibility index (Phi) is 4.86. The average molecular weight is 225 g/mol. The summed E-state index contributed by atoms with van der Waals surface area (Å²) in [5, 5.41) is 0. The van der Waals surface area contributed by atoms with Gasteiger partial charge in [0, 0.05) is 13.0 Å². The summed E-state index contributed by atoms with van der Waals surface area (Å²) in [5.74, 6) is 0.343. The summed E-state index contributed by atoms with van der Waals surface area (Å²) in [7, 11) is 0. The van der Waals surface area contributed by atoms with Crippen LogP contribution in [0.5, 0.6) is 0 Å². The summed E-state index contributed by atoms with van der Waals surface area (Å²) < 4.78 is 40.9. The SMILES string of the molecule is NCC1CCCC1OCCCC(F)(F)F. The molecule has 0 spiro atoms. The molecule has 90 valence electrons. The van der Waals surface area contributed by atoms with Gasteiger partial charge in [0.15, 0.2) is 0 Å². The van der Waals surface area contributed by atoms with Crippen LogP contribution in [-0.4, -0.2) is 25.4 Å². The lowest BCUT2D eigenvalue weighted by Gasteiger charge is -2.18. The zero-order chi connectivity index (χ0) is 11.3. The molecule has 1 aliphatic carbocycles. The second-order valence-electron chi connectivity index (χ2n) is 4.05. The van der Waals surface area contributed by atoms with E-state index in [4.69, 9.17) is 10.5 Å².